The third-order valence-electron chi connectivity index (χ3n) is 5.91. The topological polar surface area (TPSA) is 75.9 Å². The second kappa shape index (κ2) is 7.40. The fourth-order valence-electron chi connectivity index (χ4n) is 4.54. The Morgan fingerprint density at radius 1 is 1.03 bits per heavy atom. The highest BCUT2D eigenvalue weighted by Crippen LogP contribution is 2.33. The van der Waals surface area contributed by atoms with Crippen LogP contribution < -0.4 is 5.32 Å². The zero-order chi connectivity index (χ0) is 19.8. The average molecular weight is 388 g/mol. The van der Waals surface area contributed by atoms with Gasteiger partial charge in [-0.15, -0.1) is 10.2 Å². The Bertz CT molecular complexity index is 1030. The third-order valence-corrected chi connectivity index (χ3v) is 5.91. The molecule has 2 aliphatic heterocycles. The van der Waals surface area contributed by atoms with Crippen molar-refractivity contribution in [1.29, 1.82) is 0 Å². The minimum atomic E-state index is -0.202. The summed E-state index contributed by atoms with van der Waals surface area (Å²) in [4.78, 5) is 19.8. The molecule has 2 aliphatic rings. The van der Waals surface area contributed by atoms with Crippen LogP contribution in [0.5, 0.6) is 0 Å². The van der Waals surface area contributed by atoms with Crippen LogP contribution in [0.4, 0.5) is 5.69 Å². The molecule has 148 valence electrons. The molecule has 0 saturated carbocycles. The Labute approximate surface area is 169 Å². The van der Waals surface area contributed by atoms with E-state index in [1.54, 1.807) is 0 Å². The molecule has 3 aromatic rings. The van der Waals surface area contributed by atoms with Gasteiger partial charge in [0.25, 0.3) is 5.91 Å². The fourth-order valence-corrected chi connectivity index (χ4v) is 4.54. The minimum Gasteiger partial charge on any atom is -0.319 e. The molecule has 0 unspecified atom stereocenters. The summed E-state index contributed by atoms with van der Waals surface area (Å²) in [6.07, 6.45) is 0.869. The van der Waals surface area contributed by atoms with Crippen molar-refractivity contribution < 1.29 is 4.79 Å². The monoisotopic (exact) mass is 388 g/mol. The number of carbonyl (C=O) groups is 1. The maximum Gasteiger partial charge on any atom is 0.293 e. The summed E-state index contributed by atoms with van der Waals surface area (Å²) in [5, 5.41) is 11.4. The zero-order valence-corrected chi connectivity index (χ0v) is 16.5. The van der Waals surface area contributed by atoms with Gasteiger partial charge in [0, 0.05) is 44.0 Å². The normalized spacial score (nSPS) is 20.9. The minimum absolute atomic E-state index is 0.202. The molecule has 0 bridgehead atoms. The number of nitrogens with one attached hydrogen (secondary N) is 1. The second-order valence-electron chi connectivity index (χ2n) is 8.06. The maximum absolute atomic E-state index is 12.7. The average Bonchev–Trinajstić information content (AvgIpc) is 3.29. The Morgan fingerprint density at radius 2 is 1.86 bits per heavy atom. The summed E-state index contributed by atoms with van der Waals surface area (Å²) < 4.78 is 2.01. The molecule has 1 fully saturated rings. The lowest BCUT2D eigenvalue weighted by Crippen LogP contribution is -2.31. The number of benzene rings is 1. The van der Waals surface area contributed by atoms with Crippen molar-refractivity contribution in [3.63, 3.8) is 0 Å². The lowest BCUT2D eigenvalue weighted by atomic mass is 9.89. The van der Waals surface area contributed by atoms with E-state index in [4.69, 9.17) is 0 Å². The summed E-state index contributed by atoms with van der Waals surface area (Å²) in [5.74, 6) is 2.18. The molecule has 2 aromatic heterocycles. The molecular formula is C22H24N6O. The maximum atomic E-state index is 12.7. The van der Waals surface area contributed by atoms with Gasteiger partial charge in [-0.1, -0.05) is 24.3 Å². The van der Waals surface area contributed by atoms with Crippen molar-refractivity contribution in [2.75, 3.05) is 18.4 Å². The van der Waals surface area contributed by atoms with E-state index in [-0.39, 0.29) is 5.91 Å². The van der Waals surface area contributed by atoms with Gasteiger partial charge in [-0.05, 0) is 43.0 Å². The Kier molecular flexibility index (Phi) is 4.60. The number of nitrogens with zero attached hydrogens (tertiary/aromatic N) is 5. The first kappa shape index (κ1) is 18.0. The van der Waals surface area contributed by atoms with Gasteiger partial charge < -0.3 is 9.88 Å². The van der Waals surface area contributed by atoms with E-state index in [1.807, 2.05) is 47.9 Å². The third kappa shape index (κ3) is 3.65. The number of amides is 1. The van der Waals surface area contributed by atoms with Crippen molar-refractivity contribution in [2.45, 2.75) is 26.4 Å². The summed E-state index contributed by atoms with van der Waals surface area (Å²) in [6, 6.07) is 15.7. The van der Waals surface area contributed by atoms with E-state index < -0.39 is 0 Å². The first-order valence-corrected chi connectivity index (χ1v) is 10.1. The van der Waals surface area contributed by atoms with Crippen LogP contribution in [0.3, 0.4) is 0 Å². The Balaban J connectivity index is 1.28. The van der Waals surface area contributed by atoms with E-state index >= 15 is 0 Å². The standard InChI is InChI=1S/C22H24N6O/c1-15-6-5-9-19(23-15)14-27-11-16-10-20-25-26-21(28(20)13-17(16)12-27)22(29)24-18-7-3-2-4-8-18/h2-9,16-17H,10-14H2,1H3,(H,24,29)/t16-,17-/m0/s1. The number of hydrogen-bond donors (Lipinski definition) is 1. The molecule has 5 rings (SSSR count). The summed E-state index contributed by atoms with van der Waals surface area (Å²) >= 11 is 0. The lowest BCUT2D eigenvalue weighted by molar-refractivity contribution is 0.100. The van der Waals surface area contributed by atoms with Crippen molar-refractivity contribution >= 4 is 11.6 Å². The van der Waals surface area contributed by atoms with Crippen LogP contribution in [0.15, 0.2) is 48.5 Å². The van der Waals surface area contributed by atoms with Crippen LogP contribution in [-0.4, -0.2) is 43.6 Å². The summed E-state index contributed by atoms with van der Waals surface area (Å²) in [7, 11) is 0. The van der Waals surface area contributed by atoms with E-state index in [2.05, 4.69) is 37.5 Å². The molecule has 0 aliphatic carbocycles. The number of para-hydroxylation sites is 1. The van der Waals surface area contributed by atoms with E-state index in [0.717, 1.165) is 55.5 Å². The van der Waals surface area contributed by atoms with Crippen LogP contribution in [0.1, 0.15) is 27.8 Å². The molecule has 0 radical (unpaired) electrons. The SMILES string of the molecule is Cc1cccc(CN2C[C@@H]3Cc4nnc(C(=O)Nc5ccccc5)n4C[C@@H]3C2)n1. The van der Waals surface area contributed by atoms with Crippen molar-refractivity contribution in [3.05, 3.63) is 71.6 Å². The quantitative estimate of drug-likeness (QED) is 0.743. The Hall–Kier alpha value is -3.06. The smallest absolute Gasteiger partial charge is 0.293 e. The number of carbonyl (C=O) groups excluding carboxylic acids is 1. The largest absolute Gasteiger partial charge is 0.319 e. The van der Waals surface area contributed by atoms with Crippen LogP contribution in [-0.2, 0) is 19.5 Å². The molecule has 1 N–H and O–H groups in total. The predicted molar refractivity (Wildman–Crippen MR) is 109 cm³/mol. The number of aromatic nitrogens is 4. The van der Waals surface area contributed by atoms with Crippen LogP contribution >= 0.6 is 0 Å². The summed E-state index contributed by atoms with van der Waals surface area (Å²) in [5.41, 5.74) is 2.94. The molecule has 7 nitrogen and oxygen atoms in total. The van der Waals surface area contributed by atoms with E-state index in [9.17, 15) is 4.79 Å². The highest BCUT2D eigenvalue weighted by Gasteiger charge is 2.39. The van der Waals surface area contributed by atoms with E-state index in [0.29, 0.717) is 17.7 Å². The number of fused-ring (bicyclic) bond motifs is 2. The molecule has 7 heteroatoms. The first-order chi connectivity index (χ1) is 14.2. The molecule has 1 aromatic carbocycles. The van der Waals surface area contributed by atoms with Crippen LogP contribution in [0, 0.1) is 18.8 Å². The van der Waals surface area contributed by atoms with Gasteiger partial charge in [0.2, 0.25) is 5.82 Å². The van der Waals surface area contributed by atoms with Gasteiger partial charge in [0.1, 0.15) is 5.82 Å². The van der Waals surface area contributed by atoms with Gasteiger partial charge >= 0.3 is 0 Å². The van der Waals surface area contributed by atoms with Gasteiger partial charge in [-0.2, -0.15) is 0 Å². The Morgan fingerprint density at radius 3 is 2.69 bits per heavy atom. The number of likely N-dealkylation sites (tertiary alicyclic amines) is 1. The molecule has 2 atom stereocenters. The molecule has 29 heavy (non-hydrogen) atoms. The lowest BCUT2D eigenvalue weighted by Gasteiger charge is -2.25. The molecule has 1 amide bonds. The molecular weight excluding hydrogens is 364 g/mol. The number of pyridine rings is 1. The molecule has 4 heterocycles. The number of rotatable bonds is 4. The highest BCUT2D eigenvalue weighted by atomic mass is 16.2. The number of anilines is 1. The van der Waals surface area contributed by atoms with Gasteiger partial charge in [-0.3, -0.25) is 14.7 Å². The van der Waals surface area contributed by atoms with Crippen molar-refractivity contribution in [2.24, 2.45) is 11.8 Å². The molecule has 1 saturated heterocycles. The van der Waals surface area contributed by atoms with E-state index in [1.165, 1.54) is 0 Å². The van der Waals surface area contributed by atoms with Gasteiger partial charge in [0.05, 0.1) is 5.69 Å². The van der Waals surface area contributed by atoms with Gasteiger partial charge in [-0.25, -0.2) is 0 Å². The predicted octanol–water partition coefficient (Wildman–Crippen LogP) is 2.54. The molecule has 0 spiro atoms. The van der Waals surface area contributed by atoms with Crippen LogP contribution in [0.2, 0.25) is 0 Å². The first-order valence-electron chi connectivity index (χ1n) is 10.1. The summed E-state index contributed by atoms with van der Waals surface area (Å²) in [6.45, 7) is 5.75. The highest BCUT2D eigenvalue weighted by molar-refractivity contribution is 6.01. The number of hydrogen-bond acceptors (Lipinski definition) is 5. The second-order valence-corrected chi connectivity index (χ2v) is 8.06. The van der Waals surface area contributed by atoms with Gasteiger partial charge in [0.15, 0.2) is 0 Å². The van der Waals surface area contributed by atoms with Crippen molar-refractivity contribution in [1.82, 2.24) is 24.6 Å². The van der Waals surface area contributed by atoms with Crippen molar-refractivity contribution in [3.8, 4) is 0 Å². The number of aryl methyl sites for hydroxylation is 1. The fraction of sp³-hybridized carbons (Fsp3) is 0.364. The zero-order valence-electron chi connectivity index (χ0n) is 16.5. The van der Waals surface area contributed by atoms with Crippen LogP contribution in [0.25, 0.3) is 0 Å².